The number of nitrogens with zero attached hydrogens (tertiary/aromatic N) is 5. The van der Waals surface area contributed by atoms with Crippen molar-refractivity contribution in [1.29, 1.82) is 0 Å². The zero-order valence-corrected chi connectivity index (χ0v) is 11.1. The largest absolute Gasteiger partial charge is 0.294 e. The highest BCUT2D eigenvalue weighted by atomic mass is 16.1. The number of rotatable bonds is 4. The molecule has 96 valence electrons. The smallest absolute Gasteiger partial charge is 0.173 e. The minimum atomic E-state index is 0.0236. The van der Waals surface area contributed by atoms with E-state index in [2.05, 4.69) is 15.2 Å². The number of hydrogen-bond donors (Lipinski definition) is 0. The van der Waals surface area contributed by atoms with Crippen molar-refractivity contribution >= 4 is 5.78 Å². The monoisotopic (exact) mass is 247 g/mol. The van der Waals surface area contributed by atoms with Gasteiger partial charge in [-0.3, -0.25) is 9.48 Å². The van der Waals surface area contributed by atoms with Gasteiger partial charge in [0.1, 0.15) is 12.2 Å². The van der Waals surface area contributed by atoms with Crippen LogP contribution in [0.4, 0.5) is 0 Å². The number of carbonyl (C=O) groups excluding carboxylic acids is 1. The SMILES string of the molecule is Cc1nn(C)cc1C(=O)Cc1ncnn1C(C)C. The molecule has 18 heavy (non-hydrogen) atoms. The van der Waals surface area contributed by atoms with Gasteiger partial charge in [-0.1, -0.05) is 0 Å². The molecule has 2 aromatic heterocycles. The Kier molecular flexibility index (Phi) is 3.27. The fourth-order valence-electron chi connectivity index (χ4n) is 1.94. The molecule has 2 rings (SSSR count). The molecule has 0 radical (unpaired) electrons. The summed E-state index contributed by atoms with van der Waals surface area (Å²) in [7, 11) is 1.81. The van der Waals surface area contributed by atoms with Gasteiger partial charge in [-0.2, -0.15) is 10.2 Å². The highest BCUT2D eigenvalue weighted by Gasteiger charge is 2.17. The van der Waals surface area contributed by atoms with Gasteiger partial charge in [0.05, 0.1) is 17.7 Å². The molecule has 2 heterocycles. The van der Waals surface area contributed by atoms with Crippen molar-refractivity contribution in [1.82, 2.24) is 24.5 Å². The zero-order valence-electron chi connectivity index (χ0n) is 11.1. The Hall–Kier alpha value is -1.98. The molecule has 0 saturated heterocycles. The van der Waals surface area contributed by atoms with Crippen molar-refractivity contribution in [3.05, 3.63) is 29.6 Å². The molecule has 0 bridgehead atoms. The van der Waals surface area contributed by atoms with Crippen molar-refractivity contribution in [2.75, 3.05) is 0 Å². The van der Waals surface area contributed by atoms with Crippen molar-refractivity contribution in [2.24, 2.45) is 7.05 Å². The Morgan fingerprint density at radius 1 is 1.44 bits per heavy atom. The molecule has 0 unspecified atom stereocenters. The van der Waals surface area contributed by atoms with Gasteiger partial charge in [-0.05, 0) is 20.8 Å². The molecule has 6 heteroatoms. The quantitative estimate of drug-likeness (QED) is 0.764. The predicted molar refractivity (Wildman–Crippen MR) is 66.4 cm³/mol. The lowest BCUT2D eigenvalue weighted by atomic mass is 10.1. The van der Waals surface area contributed by atoms with Gasteiger partial charge in [-0.15, -0.1) is 0 Å². The highest BCUT2D eigenvalue weighted by Crippen LogP contribution is 2.11. The van der Waals surface area contributed by atoms with Crippen molar-refractivity contribution < 1.29 is 4.79 Å². The van der Waals surface area contributed by atoms with Crippen LogP contribution in [-0.4, -0.2) is 30.3 Å². The van der Waals surface area contributed by atoms with Crippen LogP contribution in [0.1, 0.15) is 41.8 Å². The predicted octanol–water partition coefficient (Wildman–Crippen LogP) is 1.33. The molecule has 0 aliphatic heterocycles. The van der Waals surface area contributed by atoms with Crippen molar-refractivity contribution in [3.8, 4) is 0 Å². The summed E-state index contributed by atoms with van der Waals surface area (Å²) in [5, 5.41) is 8.29. The van der Waals surface area contributed by atoms with E-state index in [-0.39, 0.29) is 18.2 Å². The third-order valence-corrected chi connectivity index (χ3v) is 2.77. The molecule has 0 aliphatic rings. The highest BCUT2D eigenvalue weighted by molar-refractivity contribution is 5.97. The standard InChI is InChI=1S/C12H17N5O/c1-8(2)17-12(13-7-14-17)5-11(18)10-6-16(4)15-9(10)3/h6-8H,5H2,1-4H3. The molecule has 0 atom stereocenters. The van der Waals surface area contributed by atoms with Crippen LogP contribution in [0.5, 0.6) is 0 Å². The van der Waals surface area contributed by atoms with Gasteiger partial charge in [0, 0.05) is 19.3 Å². The lowest BCUT2D eigenvalue weighted by molar-refractivity contribution is 0.0988. The molecule has 0 fully saturated rings. The maximum Gasteiger partial charge on any atom is 0.173 e. The van der Waals surface area contributed by atoms with Crippen LogP contribution in [0.15, 0.2) is 12.5 Å². The molecule has 0 aromatic carbocycles. The van der Waals surface area contributed by atoms with E-state index in [0.29, 0.717) is 11.4 Å². The summed E-state index contributed by atoms with van der Waals surface area (Å²) in [5.41, 5.74) is 1.40. The first kappa shape index (κ1) is 12.5. The Morgan fingerprint density at radius 3 is 2.72 bits per heavy atom. The molecule has 0 aliphatic carbocycles. The second-order valence-corrected chi connectivity index (χ2v) is 4.62. The maximum absolute atomic E-state index is 12.2. The van der Waals surface area contributed by atoms with Crippen LogP contribution in [-0.2, 0) is 13.5 Å². The van der Waals surface area contributed by atoms with Crippen LogP contribution >= 0.6 is 0 Å². The Balaban J connectivity index is 2.21. The zero-order chi connectivity index (χ0) is 13.3. The third-order valence-electron chi connectivity index (χ3n) is 2.77. The first-order valence-corrected chi connectivity index (χ1v) is 5.91. The number of aryl methyl sites for hydroxylation is 2. The topological polar surface area (TPSA) is 65.6 Å². The van der Waals surface area contributed by atoms with E-state index in [0.717, 1.165) is 5.69 Å². The van der Waals surface area contributed by atoms with Gasteiger partial charge in [0.15, 0.2) is 5.78 Å². The summed E-state index contributed by atoms with van der Waals surface area (Å²) in [6.07, 6.45) is 3.48. The van der Waals surface area contributed by atoms with Crippen LogP contribution in [0, 0.1) is 6.92 Å². The summed E-state index contributed by atoms with van der Waals surface area (Å²) in [6, 6.07) is 0.199. The summed E-state index contributed by atoms with van der Waals surface area (Å²) in [4.78, 5) is 16.3. The fourth-order valence-corrected chi connectivity index (χ4v) is 1.94. The second kappa shape index (κ2) is 4.72. The average molecular weight is 247 g/mol. The van der Waals surface area contributed by atoms with E-state index in [1.165, 1.54) is 6.33 Å². The van der Waals surface area contributed by atoms with Crippen LogP contribution in [0.25, 0.3) is 0 Å². The molecular formula is C12H17N5O. The number of Topliss-reactive ketones (excluding diaryl/α,β-unsaturated/α-hetero) is 1. The number of ketones is 1. The van der Waals surface area contributed by atoms with Gasteiger partial charge in [0.25, 0.3) is 0 Å². The molecule has 0 N–H and O–H groups in total. The molecule has 6 nitrogen and oxygen atoms in total. The van der Waals surface area contributed by atoms with Gasteiger partial charge in [-0.25, -0.2) is 9.67 Å². The van der Waals surface area contributed by atoms with Crippen molar-refractivity contribution in [2.45, 2.75) is 33.2 Å². The van der Waals surface area contributed by atoms with Gasteiger partial charge in [0.2, 0.25) is 0 Å². The van der Waals surface area contributed by atoms with E-state index in [4.69, 9.17) is 0 Å². The van der Waals surface area contributed by atoms with E-state index in [9.17, 15) is 4.79 Å². The van der Waals surface area contributed by atoms with E-state index in [1.807, 2.05) is 20.8 Å². The molecule has 0 amide bonds. The number of aromatic nitrogens is 5. The summed E-state index contributed by atoms with van der Waals surface area (Å²) in [6.45, 7) is 5.86. The average Bonchev–Trinajstić information content (AvgIpc) is 2.85. The van der Waals surface area contributed by atoms with Crippen LogP contribution in [0.3, 0.4) is 0 Å². The summed E-state index contributed by atoms with van der Waals surface area (Å²) in [5.74, 6) is 0.716. The Bertz CT molecular complexity index is 567. The number of hydrogen-bond acceptors (Lipinski definition) is 4. The molecular weight excluding hydrogens is 230 g/mol. The first-order chi connectivity index (χ1) is 8.49. The minimum absolute atomic E-state index is 0.0236. The maximum atomic E-state index is 12.2. The van der Waals surface area contributed by atoms with E-state index < -0.39 is 0 Å². The lowest BCUT2D eigenvalue weighted by Gasteiger charge is -2.08. The van der Waals surface area contributed by atoms with Gasteiger partial charge < -0.3 is 0 Å². The lowest BCUT2D eigenvalue weighted by Crippen LogP contribution is -2.13. The van der Waals surface area contributed by atoms with Crippen LogP contribution in [0.2, 0.25) is 0 Å². The molecule has 0 spiro atoms. The normalized spacial score (nSPS) is 11.2. The third kappa shape index (κ3) is 2.32. The summed E-state index contributed by atoms with van der Waals surface area (Å²) >= 11 is 0. The Labute approximate surface area is 106 Å². The second-order valence-electron chi connectivity index (χ2n) is 4.62. The first-order valence-electron chi connectivity index (χ1n) is 5.91. The fraction of sp³-hybridized carbons (Fsp3) is 0.500. The van der Waals surface area contributed by atoms with E-state index >= 15 is 0 Å². The molecule has 2 aromatic rings. The number of carbonyl (C=O) groups is 1. The summed E-state index contributed by atoms with van der Waals surface area (Å²) < 4.78 is 3.42. The molecule has 0 saturated carbocycles. The Morgan fingerprint density at radius 2 is 2.17 bits per heavy atom. The van der Waals surface area contributed by atoms with Crippen LogP contribution < -0.4 is 0 Å². The minimum Gasteiger partial charge on any atom is -0.294 e. The van der Waals surface area contributed by atoms with Gasteiger partial charge >= 0.3 is 0 Å². The van der Waals surface area contributed by atoms with Crippen molar-refractivity contribution in [3.63, 3.8) is 0 Å². The van der Waals surface area contributed by atoms with E-state index in [1.54, 1.807) is 22.6 Å².